The highest BCUT2D eigenvalue weighted by atomic mass is 32.2. The third-order valence-corrected chi connectivity index (χ3v) is 6.70. The molecule has 0 radical (unpaired) electrons. The molecule has 1 unspecified atom stereocenters. The van der Waals surface area contributed by atoms with Gasteiger partial charge < -0.3 is 4.42 Å². The highest BCUT2D eigenvalue weighted by Crippen LogP contribution is 2.37. The van der Waals surface area contributed by atoms with E-state index in [1.807, 2.05) is 13.0 Å². The first-order valence-electron chi connectivity index (χ1n) is 8.84. The van der Waals surface area contributed by atoms with E-state index in [-0.39, 0.29) is 5.82 Å². The van der Waals surface area contributed by atoms with E-state index in [1.54, 1.807) is 12.1 Å². The van der Waals surface area contributed by atoms with Crippen LogP contribution in [0.1, 0.15) is 49.3 Å². The summed E-state index contributed by atoms with van der Waals surface area (Å²) in [5.41, 5.74) is 2.08. The second-order valence-corrected chi connectivity index (χ2v) is 8.22. The van der Waals surface area contributed by atoms with E-state index in [1.165, 1.54) is 49.8 Å². The van der Waals surface area contributed by atoms with Gasteiger partial charge in [-0.15, -0.1) is 0 Å². The molecule has 0 saturated heterocycles. The molecule has 2 aromatic carbocycles. The summed E-state index contributed by atoms with van der Waals surface area (Å²) in [7, 11) is -1.38. The molecule has 1 atom stereocenters. The summed E-state index contributed by atoms with van der Waals surface area (Å²) in [6, 6.07) is 12.1. The van der Waals surface area contributed by atoms with Crippen molar-refractivity contribution in [2.24, 2.45) is 0 Å². The number of hydrogen-bond donors (Lipinski definition) is 0. The minimum Gasteiger partial charge on any atom is -0.460 e. The van der Waals surface area contributed by atoms with Crippen molar-refractivity contribution in [3.05, 3.63) is 59.6 Å². The summed E-state index contributed by atoms with van der Waals surface area (Å²) in [5, 5.41) is 0.920. The van der Waals surface area contributed by atoms with E-state index in [9.17, 15) is 8.60 Å². The SMILES string of the molecule is Cc1oc2ccc(C3CCCCC3)cc2c1S(=O)c1ccc(F)cc1. The van der Waals surface area contributed by atoms with Crippen molar-refractivity contribution in [3.8, 4) is 0 Å². The normalized spacial score (nSPS) is 17.0. The molecule has 0 spiro atoms. The molecule has 4 heteroatoms. The fourth-order valence-electron chi connectivity index (χ4n) is 3.81. The Kier molecular flexibility index (Phi) is 4.46. The number of benzene rings is 2. The lowest BCUT2D eigenvalue weighted by Crippen LogP contribution is -2.04. The molecule has 1 heterocycles. The van der Waals surface area contributed by atoms with Crippen molar-refractivity contribution in [2.75, 3.05) is 0 Å². The lowest BCUT2D eigenvalue weighted by atomic mass is 9.84. The molecule has 25 heavy (non-hydrogen) atoms. The highest BCUT2D eigenvalue weighted by Gasteiger charge is 2.21. The summed E-state index contributed by atoms with van der Waals surface area (Å²) >= 11 is 0. The Labute approximate surface area is 149 Å². The molecule has 1 fully saturated rings. The standard InChI is InChI=1S/C21H21FO2S/c1-14-21(25(23)18-10-8-17(22)9-11-18)19-13-16(7-12-20(19)24-14)15-5-3-2-4-6-15/h7-13,15H,2-6H2,1H3. The minimum absolute atomic E-state index is 0.325. The van der Waals surface area contributed by atoms with E-state index in [0.717, 1.165) is 11.0 Å². The first kappa shape index (κ1) is 16.5. The Hall–Kier alpha value is -1.94. The Morgan fingerprint density at radius 3 is 2.48 bits per heavy atom. The summed E-state index contributed by atoms with van der Waals surface area (Å²) in [6.07, 6.45) is 6.32. The number of aryl methyl sites for hydroxylation is 1. The van der Waals surface area contributed by atoms with Gasteiger partial charge >= 0.3 is 0 Å². The zero-order valence-corrected chi connectivity index (χ0v) is 15.1. The topological polar surface area (TPSA) is 30.2 Å². The molecule has 2 nitrogen and oxygen atoms in total. The van der Waals surface area contributed by atoms with Gasteiger partial charge in [-0.05, 0) is 67.6 Å². The summed E-state index contributed by atoms with van der Waals surface area (Å²) in [6.45, 7) is 1.84. The molecule has 0 bridgehead atoms. The van der Waals surface area contributed by atoms with Crippen molar-refractivity contribution in [3.63, 3.8) is 0 Å². The van der Waals surface area contributed by atoms with Crippen LogP contribution in [0.3, 0.4) is 0 Å². The van der Waals surface area contributed by atoms with Crippen LogP contribution in [0.15, 0.2) is 56.7 Å². The molecule has 4 rings (SSSR count). The summed E-state index contributed by atoms with van der Waals surface area (Å²) < 4.78 is 32.1. The zero-order valence-electron chi connectivity index (χ0n) is 14.3. The van der Waals surface area contributed by atoms with E-state index in [2.05, 4.69) is 12.1 Å². The van der Waals surface area contributed by atoms with Gasteiger partial charge in [-0.25, -0.2) is 8.60 Å². The molecule has 130 valence electrons. The summed E-state index contributed by atoms with van der Waals surface area (Å²) in [4.78, 5) is 1.30. The third-order valence-electron chi connectivity index (χ3n) is 5.12. The van der Waals surface area contributed by atoms with E-state index >= 15 is 0 Å². The molecule has 1 aliphatic carbocycles. The van der Waals surface area contributed by atoms with Crippen molar-refractivity contribution < 1.29 is 13.0 Å². The van der Waals surface area contributed by atoms with Gasteiger partial charge in [-0.3, -0.25) is 0 Å². The van der Waals surface area contributed by atoms with E-state index in [4.69, 9.17) is 4.42 Å². The van der Waals surface area contributed by atoms with Crippen LogP contribution in [-0.4, -0.2) is 4.21 Å². The third kappa shape index (κ3) is 3.15. The molecular formula is C21H21FO2S. The lowest BCUT2D eigenvalue weighted by molar-refractivity contribution is 0.444. The van der Waals surface area contributed by atoms with Crippen LogP contribution >= 0.6 is 0 Å². The monoisotopic (exact) mass is 356 g/mol. The van der Waals surface area contributed by atoms with Gasteiger partial charge in [0.05, 0.1) is 15.7 Å². The molecule has 3 aromatic rings. The maximum Gasteiger partial charge on any atom is 0.135 e. The Balaban J connectivity index is 1.78. The minimum atomic E-state index is -1.38. The fourth-order valence-corrected chi connectivity index (χ4v) is 5.09. The number of halogens is 1. The second-order valence-electron chi connectivity index (χ2n) is 6.80. The zero-order chi connectivity index (χ0) is 17.4. The van der Waals surface area contributed by atoms with E-state index in [0.29, 0.717) is 21.5 Å². The molecule has 1 saturated carbocycles. The number of furan rings is 1. The molecule has 0 N–H and O–H groups in total. The number of fused-ring (bicyclic) bond motifs is 1. The largest absolute Gasteiger partial charge is 0.460 e. The maximum atomic E-state index is 13.2. The molecule has 1 aliphatic rings. The van der Waals surface area contributed by atoms with Crippen LogP contribution in [0.5, 0.6) is 0 Å². The predicted molar refractivity (Wildman–Crippen MR) is 97.9 cm³/mol. The van der Waals surface area contributed by atoms with Gasteiger partial charge in [0.25, 0.3) is 0 Å². The quantitative estimate of drug-likeness (QED) is 0.568. The Morgan fingerprint density at radius 2 is 1.76 bits per heavy atom. The Bertz CT molecular complexity index is 921. The highest BCUT2D eigenvalue weighted by molar-refractivity contribution is 7.85. The van der Waals surface area contributed by atoms with Gasteiger partial charge in [-0.2, -0.15) is 0 Å². The van der Waals surface area contributed by atoms with Crippen LogP contribution in [0, 0.1) is 12.7 Å². The van der Waals surface area contributed by atoms with Crippen LogP contribution < -0.4 is 0 Å². The number of hydrogen-bond acceptors (Lipinski definition) is 2. The lowest BCUT2D eigenvalue weighted by Gasteiger charge is -2.21. The van der Waals surface area contributed by atoms with Crippen molar-refractivity contribution in [1.82, 2.24) is 0 Å². The van der Waals surface area contributed by atoms with Crippen LogP contribution in [0.25, 0.3) is 11.0 Å². The van der Waals surface area contributed by atoms with Gasteiger partial charge in [-0.1, -0.05) is 25.3 Å². The molecule has 1 aromatic heterocycles. The van der Waals surface area contributed by atoms with Crippen LogP contribution in [0.2, 0.25) is 0 Å². The van der Waals surface area contributed by atoms with Gasteiger partial charge in [0.15, 0.2) is 0 Å². The predicted octanol–water partition coefficient (Wildman–Crippen LogP) is 6.09. The van der Waals surface area contributed by atoms with Crippen LogP contribution in [-0.2, 0) is 10.8 Å². The van der Waals surface area contributed by atoms with Crippen molar-refractivity contribution >= 4 is 21.8 Å². The smallest absolute Gasteiger partial charge is 0.135 e. The average Bonchev–Trinajstić information content (AvgIpc) is 2.97. The van der Waals surface area contributed by atoms with Crippen molar-refractivity contribution in [1.29, 1.82) is 0 Å². The molecule has 0 amide bonds. The van der Waals surface area contributed by atoms with Gasteiger partial charge in [0.1, 0.15) is 17.2 Å². The second kappa shape index (κ2) is 6.75. The molecule has 0 aliphatic heterocycles. The average molecular weight is 356 g/mol. The van der Waals surface area contributed by atoms with Crippen LogP contribution in [0.4, 0.5) is 4.39 Å². The fraction of sp³-hybridized carbons (Fsp3) is 0.333. The number of rotatable bonds is 3. The van der Waals surface area contributed by atoms with Crippen molar-refractivity contribution in [2.45, 2.75) is 54.7 Å². The van der Waals surface area contributed by atoms with Gasteiger partial charge in [0, 0.05) is 10.3 Å². The first-order chi connectivity index (χ1) is 12.1. The molecular weight excluding hydrogens is 335 g/mol. The first-order valence-corrected chi connectivity index (χ1v) is 9.99. The van der Waals surface area contributed by atoms with E-state index < -0.39 is 10.8 Å². The Morgan fingerprint density at radius 1 is 1.04 bits per heavy atom. The van der Waals surface area contributed by atoms with Gasteiger partial charge in [0.2, 0.25) is 0 Å². The maximum absolute atomic E-state index is 13.2. The summed E-state index contributed by atoms with van der Waals surface area (Å²) in [5.74, 6) is 0.924.